The molecule has 2 N–H and O–H groups in total. The van der Waals surface area contributed by atoms with Crippen molar-refractivity contribution in [2.24, 2.45) is 0 Å². The molecule has 1 rings (SSSR count). The first kappa shape index (κ1) is 13.8. The molecule has 0 bridgehead atoms. The van der Waals surface area contributed by atoms with Gasteiger partial charge in [-0.25, -0.2) is 9.59 Å². The van der Waals surface area contributed by atoms with E-state index in [9.17, 15) is 9.59 Å². The third kappa shape index (κ3) is 3.97. The summed E-state index contributed by atoms with van der Waals surface area (Å²) in [7, 11) is 0. The molecule has 0 aliphatic rings. The van der Waals surface area contributed by atoms with Crippen molar-refractivity contribution in [2.75, 3.05) is 13.2 Å². The highest BCUT2D eigenvalue weighted by atomic mass is 16.5. The second kappa shape index (κ2) is 5.90. The van der Waals surface area contributed by atoms with Gasteiger partial charge >= 0.3 is 11.9 Å². The highest BCUT2D eigenvalue weighted by Gasteiger charge is 2.09. The van der Waals surface area contributed by atoms with Gasteiger partial charge in [0, 0.05) is 6.07 Å². The van der Waals surface area contributed by atoms with Crippen LogP contribution >= 0.6 is 0 Å². The summed E-state index contributed by atoms with van der Waals surface area (Å²) in [5.41, 5.74) is 1.62. The Morgan fingerprint density at radius 2 is 1.61 bits per heavy atom. The monoisotopic (exact) mass is 254 g/mol. The number of carboxylic acids is 2. The summed E-state index contributed by atoms with van der Waals surface area (Å²) in [4.78, 5) is 20.8. The molecule has 0 atom stereocenters. The maximum absolute atomic E-state index is 10.4. The fourth-order valence-corrected chi connectivity index (χ4v) is 1.31. The Labute approximate surface area is 104 Å². The lowest BCUT2D eigenvalue weighted by atomic mass is 10.1. The van der Waals surface area contributed by atoms with Gasteiger partial charge in [-0.2, -0.15) is 0 Å². The van der Waals surface area contributed by atoms with Gasteiger partial charge in [0.15, 0.2) is 13.2 Å². The lowest BCUT2D eigenvalue weighted by Crippen LogP contribution is -2.12. The summed E-state index contributed by atoms with van der Waals surface area (Å²) < 4.78 is 10.1. The zero-order chi connectivity index (χ0) is 13.7. The van der Waals surface area contributed by atoms with E-state index in [1.54, 1.807) is 19.9 Å². The number of aliphatic carboxylic acids is 2. The van der Waals surface area contributed by atoms with Crippen LogP contribution in [0.3, 0.4) is 0 Å². The van der Waals surface area contributed by atoms with E-state index in [2.05, 4.69) is 0 Å². The van der Waals surface area contributed by atoms with Crippen molar-refractivity contribution >= 4 is 11.9 Å². The van der Waals surface area contributed by atoms with Gasteiger partial charge < -0.3 is 19.7 Å². The summed E-state index contributed by atoms with van der Waals surface area (Å²) >= 11 is 0. The molecule has 98 valence electrons. The maximum Gasteiger partial charge on any atom is 0.341 e. The predicted molar refractivity (Wildman–Crippen MR) is 62.2 cm³/mol. The smallest absolute Gasteiger partial charge is 0.341 e. The fourth-order valence-electron chi connectivity index (χ4n) is 1.31. The largest absolute Gasteiger partial charge is 0.482 e. The van der Waals surface area contributed by atoms with Crippen molar-refractivity contribution < 1.29 is 29.3 Å². The topological polar surface area (TPSA) is 93.1 Å². The van der Waals surface area contributed by atoms with Crippen LogP contribution < -0.4 is 9.47 Å². The van der Waals surface area contributed by atoms with Crippen LogP contribution in [0.25, 0.3) is 0 Å². The number of carbonyl (C=O) groups is 2. The van der Waals surface area contributed by atoms with Crippen LogP contribution in [0.2, 0.25) is 0 Å². The molecule has 0 saturated carbocycles. The molecular formula is C12H14O6. The van der Waals surface area contributed by atoms with E-state index in [1.807, 2.05) is 0 Å². The molecule has 0 saturated heterocycles. The van der Waals surface area contributed by atoms with E-state index in [0.29, 0.717) is 11.5 Å². The number of ether oxygens (including phenoxy) is 2. The van der Waals surface area contributed by atoms with Crippen molar-refractivity contribution in [3.8, 4) is 11.5 Å². The average Bonchev–Trinajstić information content (AvgIpc) is 2.28. The molecule has 0 aromatic heterocycles. The van der Waals surface area contributed by atoms with E-state index in [0.717, 1.165) is 11.1 Å². The fraction of sp³-hybridized carbons (Fsp3) is 0.333. The second-order valence-corrected chi connectivity index (χ2v) is 3.73. The summed E-state index contributed by atoms with van der Waals surface area (Å²) in [6.07, 6.45) is 0. The van der Waals surface area contributed by atoms with Gasteiger partial charge in [0.1, 0.15) is 11.5 Å². The molecule has 0 aliphatic carbocycles. The zero-order valence-electron chi connectivity index (χ0n) is 10.1. The van der Waals surface area contributed by atoms with E-state index in [-0.39, 0.29) is 0 Å². The molecule has 0 spiro atoms. The Morgan fingerprint density at radius 3 is 2.17 bits per heavy atom. The molecule has 0 aliphatic heterocycles. The predicted octanol–water partition coefficient (Wildman–Crippen LogP) is 1.23. The minimum absolute atomic E-state index is 0.334. The average molecular weight is 254 g/mol. The lowest BCUT2D eigenvalue weighted by Gasteiger charge is -2.12. The minimum atomic E-state index is -1.08. The van der Waals surface area contributed by atoms with Crippen molar-refractivity contribution in [2.45, 2.75) is 13.8 Å². The van der Waals surface area contributed by atoms with Crippen molar-refractivity contribution in [1.29, 1.82) is 0 Å². The molecule has 0 fully saturated rings. The van der Waals surface area contributed by atoms with Crippen LogP contribution in [-0.4, -0.2) is 35.4 Å². The number of aryl methyl sites for hydroxylation is 1. The summed E-state index contributed by atoms with van der Waals surface area (Å²) in [5, 5.41) is 17.1. The first-order valence-corrected chi connectivity index (χ1v) is 5.20. The normalized spacial score (nSPS) is 9.89. The van der Waals surface area contributed by atoms with Gasteiger partial charge in [-0.3, -0.25) is 0 Å². The standard InChI is InChI=1S/C12H14O6/c1-7-3-9(17-5-11(13)14)4-10(8(7)2)18-6-12(15)16/h3-4H,5-6H2,1-2H3,(H,13,14)(H,15,16). The van der Waals surface area contributed by atoms with Crippen molar-refractivity contribution in [3.63, 3.8) is 0 Å². The molecule has 0 heterocycles. The van der Waals surface area contributed by atoms with E-state index < -0.39 is 25.2 Å². The number of hydrogen-bond acceptors (Lipinski definition) is 4. The lowest BCUT2D eigenvalue weighted by molar-refractivity contribution is -0.140. The van der Waals surface area contributed by atoms with Crippen LogP contribution in [0.15, 0.2) is 12.1 Å². The van der Waals surface area contributed by atoms with Crippen LogP contribution in [0.1, 0.15) is 11.1 Å². The van der Waals surface area contributed by atoms with Crippen LogP contribution in [-0.2, 0) is 9.59 Å². The van der Waals surface area contributed by atoms with Gasteiger partial charge in [0.25, 0.3) is 0 Å². The number of benzene rings is 1. The number of carboxylic acid groups (broad SMARTS) is 2. The van der Waals surface area contributed by atoms with Crippen LogP contribution in [0.4, 0.5) is 0 Å². The summed E-state index contributed by atoms with van der Waals surface area (Å²) in [6.45, 7) is 2.67. The molecule has 0 amide bonds. The second-order valence-electron chi connectivity index (χ2n) is 3.73. The molecule has 6 nitrogen and oxygen atoms in total. The first-order valence-electron chi connectivity index (χ1n) is 5.20. The molecule has 1 aromatic rings. The minimum Gasteiger partial charge on any atom is -0.482 e. The Balaban J connectivity index is 2.87. The number of rotatable bonds is 6. The molecule has 0 radical (unpaired) electrons. The Hall–Kier alpha value is -2.24. The van der Waals surface area contributed by atoms with Crippen molar-refractivity contribution in [3.05, 3.63) is 23.3 Å². The van der Waals surface area contributed by atoms with E-state index >= 15 is 0 Å². The van der Waals surface area contributed by atoms with Crippen LogP contribution in [0, 0.1) is 13.8 Å². The quantitative estimate of drug-likeness (QED) is 0.793. The Morgan fingerprint density at radius 1 is 1.06 bits per heavy atom. The van der Waals surface area contributed by atoms with Crippen LogP contribution in [0.5, 0.6) is 11.5 Å². The van der Waals surface area contributed by atoms with Gasteiger partial charge in [-0.05, 0) is 31.0 Å². The SMILES string of the molecule is Cc1cc(OCC(=O)O)cc(OCC(=O)O)c1C. The van der Waals surface area contributed by atoms with Gasteiger partial charge in [-0.1, -0.05) is 0 Å². The van der Waals surface area contributed by atoms with Gasteiger partial charge in [-0.15, -0.1) is 0 Å². The molecule has 6 heteroatoms. The maximum atomic E-state index is 10.4. The molecular weight excluding hydrogens is 240 g/mol. The Bertz CT molecular complexity index is 466. The highest BCUT2D eigenvalue weighted by Crippen LogP contribution is 2.27. The molecule has 0 unspecified atom stereocenters. The first-order chi connectivity index (χ1) is 8.40. The third-order valence-corrected chi connectivity index (χ3v) is 2.31. The Kier molecular flexibility index (Phi) is 4.53. The molecule has 1 aromatic carbocycles. The molecule has 18 heavy (non-hydrogen) atoms. The third-order valence-electron chi connectivity index (χ3n) is 2.31. The zero-order valence-corrected chi connectivity index (χ0v) is 10.1. The van der Waals surface area contributed by atoms with E-state index in [1.165, 1.54) is 6.07 Å². The van der Waals surface area contributed by atoms with Gasteiger partial charge in [0.05, 0.1) is 0 Å². The van der Waals surface area contributed by atoms with Gasteiger partial charge in [0.2, 0.25) is 0 Å². The number of hydrogen-bond donors (Lipinski definition) is 2. The van der Waals surface area contributed by atoms with E-state index in [4.69, 9.17) is 19.7 Å². The van der Waals surface area contributed by atoms with Crippen molar-refractivity contribution in [1.82, 2.24) is 0 Å². The summed E-state index contributed by atoms with van der Waals surface area (Å²) in [6, 6.07) is 3.15. The summed E-state index contributed by atoms with van der Waals surface area (Å²) in [5.74, 6) is -1.45. The highest BCUT2D eigenvalue weighted by molar-refractivity contribution is 5.69.